The van der Waals surface area contributed by atoms with Crippen LogP contribution < -0.4 is 0 Å². The Morgan fingerprint density at radius 3 is 2.22 bits per heavy atom. The fourth-order valence-electron chi connectivity index (χ4n) is 0.746. The Balaban J connectivity index is 3.18. The first-order valence-corrected chi connectivity index (χ1v) is 3.73. The van der Waals surface area contributed by atoms with E-state index in [-0.39, 0.29) is 0 Å². The van der Waals surface area contributed by atoms with Crippen LogP contribution in [0.1, 0.15) is 27.2 Å². The number of rotatable bonds is 5. The highest BCUT2D eigenvalue weighted by molar-refractivity contribution is 4.37. The molecule has 0 atom stereocenters. The summed E-state index contributed by atoms with van der Waals surface area (Å²) in [6, 6.07) is 0. The molecule has 0 heterocycles. The first-order chi connectivity index (χ1) is 4.35. The Bertz CT molecular complexity index is 50.9. The lowest BCUT2D eigenvalue weighted by atomic mass is 10.5. The van der Waals surface area contributed by atoms with Gasteiger partial charge in [-0.2, -0.15) is 5.06 Å². The van der Waals surface area contributed by atoms with Gasteiger partial charge in [-0.1, -0.05) is 13.8 Å². The van der Waals surface area contributed by atoms with Crippen LogP contribution in [-0.2, 0) is 4.84 Å². The van der Waals surface area contributed by atoms with Crippen LogP contribution in [0.15, 0.2) is 0 Å². The van der Waals surface area contributed by atoms with E-state index in [1.165, 1.54) is 0 Å². The molecular weight excluding hydrogens is 114 g/mol. The van der Waals surface area contributed by atoms with Gasteiger partial charge in [-0.25, -0.2) is 0 Å². The average molecular weight is 131 g/mol. The third-order valence-corrected chi connectivity index (χ3v) is 1.14. The summed E-state index contributed by atoms with van der Waals surface area (Å²) in [7, 11) is 0. The summed E-state index contributed by atoms with van der Waals surface area (Å²) >= 11 is 0. The third kappa shape index (κ3) is 4.43. The largest absolute Gasteiger partial charge is 0.299 e. The molecule has 0 radical (unpaired) electrons. The van der Waals surface area contributed by atoms with Crippen LogP contribution in [-0.4, -0.2) is 24.8 Å². The summed E-state index contributed by atoms with van der Waals surface area (Å²) in [5.74, 6) is 0. The molecular formula is C7H17NO. The maximum atomic E-state index is 5.26. The Kier molecular flexibility index (Phi) is 5.99. The molecule has 2 heteroatoms. The number of hydroxylamine groups is 2. The molecule has 0 aliphatic carbocycles. The van der Waals surface area contributed by atoms with E-state index in [0.29, 0.717) is 0 Å². The molecule has 0 spiro atoms. The zero-order chi connectivity index (χ0) is 7.11. The van der Waals surface area contributed by atoms with E-state index < -0.39 is 0 Å². The van der Waals surface area contributed by atoms with E-state index in [1.54, 1.807) is 0 Å². The SMILES string of the molecule is CCCN(CC)OCC. The molecule has 0 aromatic rings. The second-order valence-electron chi connectivity index (χ2n) is 1.94. The fraction of sp³-hybridized carbons (Fsp3) is 1.00. The van der Waals surface area contributed by atoms with E-state index in [2.05, 4.69) is 13.8 Å². The average Bonchev–Trinajstić information content (AvgIpc) is 1.88. The van der Waals surface area contributed by atoms with Gasteiger partial charge in [-0.15, -0.1) is 0 Å². The molecule has 0 aliphatic heterocycles. The minimum absolute atomic E-state index is 0.786. The third-order valence-electron chi connectivity index (χ3n) is 1.14. The van der Waals surface area contributed by atoms with Gasteiger partial charge in [0.1, 0.15) is 0 Å². The molecule has 2 nitrogen and oxygen atoms in total. The summed E-state index contributed by atoms with van der Waals surface area (Å²) in [5, 5.41) is 1.99. The monoisotopic (exact) mass is 131 g/mol. The van der Waals surface area contributed by atoms with Crippen molar-refractivity contribution in [1.29, 1.82) is 0 Å². The van der Waals surface area contributed by atoms with Crippen molar-refractivity contribution >= 4 is 0 Å². The highest BCUT2D eigenvalue weighted by atomic mass is 16.7. The van der Waals surface area contributed by atoms with Crippen molar-refractivity contribution in [2.45, 2.75) is 27.2 Å². The van der Waals surface area contributed by atoms with Gasteiger partial charge in [0, 0.05) is 13.1 Å². The molecule has 0 saturated heterocycles. The van der Waals surface area contributed by atoms with Gasteiger partial charge in [0.2, 0.25) is 0 Å². The summed E-state index contributed by atoms with van der Waals surface area (Å²) in [6.45, 7) is 9.09. The predicted molar refractivity (Wildman–Crippen MR) is 39.2 cm³/mol. The van der Waals surface area contributed by atoms with Crippen molar-refractivity contribution < 1.29 is 4.84 Å². The molecule has 0 fully saturated rings. The van der Waals surface area contributed by atoms with E-state index in [4.69, 9.17) is 4.84 Å². The summed E-state index contributed by atoms with van der Waals surface area (Å²) < 4.78 is 0. The summed E-state index contributed by atoms with van der Waals surface area (Å²) in [4.78, 5) is 5.26. The van der Waals surface area contributed by atoms with Crippen LogP contribution in [0.3, 0.4) is 0 Å². The maximum absolute atomic E-state index is 5.26. The van der Waals surface area contributed by atoms with Gasteiger partial charge in [0.15, 0.2) is 0 Å². The highest BCUT2D eigenvalue weighted by Crippen LogP contribution is 1.90. The smallest absolute Gasteiger partial charge is 0.0656 e. The lowest BCUT2D eigenvalue weighted by Crippen LogP contribution is -2.24. The van der Waals surface area contributed by atoms with E-state index in [9.17, 15) is 0 Å². The van der Waals surface area contributed by atoms with Crippen LogP contribution in [0.5, 0.6) is 0 Å². The van der Waals surface area contributed by atoms with Crippen molar-refractivity contribution in [2.75, 3.05) is 19.7 Å². The zero-order valence-electron chi connectivity index (χ0n) is 6.68. The van der Waals surface area contributed by atoms with E-state index >= 15 is 0 Å². The van der Waals surface area contributed by atoms with E-state index in [0.717, 1.165) is 26.1 Å². The van der Waals surface area contributed by atoms with Crippen LogP contribution in [0.4, 0.5) is 0 Å². The summed E-state index contributed by atoms with van der Waals surface area (Å²) in [5.41, 5.74) is 0. The molecule has 9 heavy (non-hydrogen) atoms. The molecule has 0 saturated carbocycles. The number of nitrogens with zero attached hydrogens (tertiary/aromatic N) is 1. The molecule has 0 unspecified atom stereocenters. The van der Waals surface area contributed by atoms with Crippen LogP contribution >= 0.6 is 0 Å². The second-order valence-corrected chi connectivity index (χ2v) is 1.94. The lowest BCUT2D eigenvalue weighted by molar-refractivity contribution is -0.151. The minimum atomic E-state index is 0.786. The molecule has 0 bridgehead atoms. The standard InChI is InChI=1S/C7H17NO/c1-4-7-8(5-2)9-6-3/h4-7H2,1-3H3. The summed E-state index contributed by atoms with van der Waals surface area (Å²) in [6.07, 6.45) is 1.16. The fourth-order valence-corrected chi connectivity index (χ4v) is 0.746. The highest BCUT2D eigenvalue weighted by Gasteiger charge is 1.96. The molecule has 0 rings (SSSR count). The Hall–Kier alpha value is -0.0800. The molecule has 56 valence electrons. The normalized spacial score (nSPS) is 10.7. The van der Waals surface area contributed by atoms with Crippen molar-refractivity contribution in [3.63, 3.8) is 0 Å². The van der Waals surface area contributed by atoms with Crippen LogP contribution in [0.25, 0.3) is 0 Å². The molecule has 0 aromatic heterocycles. The Labute approximate surface area is 57.8 Å². The molecule has 0 N–H and O–H groups in total. The Morgan fingerprint density at radius 2 is 1.89 bits per heavy atom. The quantitative estimate of drug-likeness (QED) is 0.526. The van der Waals surface area contributed by atoms with Crippen molar-refractivity contribution in [2.24, 2.45) is 0 Å². The second kappa shape index (κ2) is 6.05. The zero-order valence-corrected chi connectivity index (χ0v) is 6.68. The van der Waals surface area contributed by atoms with Gasteiger partial charge in [0.05, 0.1) is 6.61 Å². The van der Waals surface area contributed by atoms with Gasteiger partial charge < -0.3 is 0 Å². The first-order valence-electron chi connectivity index (χ1n) is 3.73. The Morgan fingerprint density at radius 1 is 1.22 bits per heavy atom. The molecule has 0 aliphatic rings. The predicted octanol–water partition coefficient (Wildman–Crippen LogP) is 1.67. The van der Waals surface area contributed by atoms with E-state index in [1.807, 2.05) is 12.0 Å². The van der Waals surface area contributed by atoms with Gasteiger partial charge in [-0.3, -0.25) is 4.84 Å². The van der Waals surface area contributed by atoms with Gasteiger partial charge in [0.25, 0.3) is 0 Å². The van der Waals surface area contributed by atoms with Crippen molar-refractivity contribution in [3.05, 3.63) is 0 Å². The van der Waals surface area contributed by atoms with Gasteiger partial charge >= 0.3 is 0 Å². The molecule has 0 amide bonds. The maximum Gasteiger partial charge on any atom is 0.0656 e. The number of hydrogen-bond donors (Lipinski definition) is 0. The van der Waals surface area contributed by atoms with Gasteiger partial charge in [-0.05, 0) is 13.3 Å². The lowest BCUT2D eigenvalue weighted by Gasteiger charge is -2.17. The number of hydrogen-bond acceptors (Lipinski definition) is 2. The topological polar surface area (TPSA) is 12.5 Å². The van der Waals surface area contributed by atoms with Crippen molar-refractivity contribution in [1.82, 2.24) is 5.06 Å². The first kappa shape index (κ1) is 8.92. The van der Waals surface area contributed by atoms with Crippen LogP contribution in [0.2, 0.25) is 0 Å². The minimum Gasteiger partial charge on any atom is -0.299 e. The van der Waals surface area contributed by atoms with Crippen LogP contribution in [0, 0.1) is 0 Å². The molecule has 0 aromatic carbocycles. The van der Waals surface area contributed by atoms with Crippen molar-refractivity contribution in [3.8, 4) is 0 Å².